The van der Waals surface area contributed by atoms with Crippen molar-refractivity contribution in [2.45, 2.75) is 31.4 Å². The van der Waals surface area contributed by atoms with E-state index in [1.54, 1.807) is 25.3 Å². The van der Waals surface area contributed by atoms with E-state index in [0.29, 0.717) is 41.4 Å². The molecule has 0 radical (unpaired) electrons. The first kappa shape index (κ1) is 27.5. The topological polar surface area (TPSA) is 111 Å². The van der Waals surface area contributed by atoms with Crippen molar-refractivity contribution < 1.29 is 18.3 Å². The third kappa shape index (κ3) is 5.90. The van der Waals surface area contributed by atoms with Crippen molar-refractivity contribution in [1.29, 1.82) is 5.26 Å². The molecule has 2 aromatic heterocycles. The van der Waals surface area contributed by atoms with Gasteiger partial charge in [-0.25, -0.2) is 18.7 Å². The van der Waals surface area contributed by atoms with E-state index in [0.717, 1.165) is 25.3 Å². The SMILES string of the molecule is COc1nc(Nc2cc(-c3ccc(OC4CCNCC4(F)F)c(C#N)c3)ncn2)ccc1N1CCN(C)C[C@H]1C. The standard InChI is InChI=1S/C28H32F2N8O2/c1-18-15-37(2)10-11-38(18)22-5-7-25(36-27(22)39-3)35-26-13-21(33-17-34-26)19-4-6-23(20(12-19)14-31)40-24-8-9-32-16-28(24,29)30/h4-7,12-13,17-18,24,32H,8-11,15-16H2,1-3H3,(H,33,34,35,36)/t18-,24?/m1/s1. The normalized spacial score (nSPS) is 20.9. The molecule has 40 heavy (non-hydrogen) atoms. The van der Waals surface area contributed by atoms with Crippen LogP contribution in [0.2, 0.25) is 0 Å². The fourth-order valence-corrected chi connectivity index (χ4v) is 5.07. The van der Waals surface area contributed by atoms with Crippen molar-refractivity contribution in [1.82, 2.24) is 25.2 Å². The number of hydrogen-bond donors (Lipinski definition) is 2. The van der Waals surface area contributed by atoms with E-state index >= 15 is 0 Å². The van der Waals surface area contributed by atoms with Crippen molar-refractivity contribution in [3.05, 3.63) is 48.3 Å². The second-order valence-electron chi connectivity index (χ2n) is 10.1. The summed E-state index contributed by atoms with van der Waals surface area (Å²) >= 11 is 0. The van der Waals surface area contributed by atoms with Crippen LogP contribution in [-0.2, 0) is 0 Å². The second-order valence-corrected chi connectivity index (χ2v) is 10.1. The molecule has 0 amide bonds. The number of methoxy groups -OCH3 is 1. The monoisotopic (exact) mass is 550 g/mol. The maximum atomic E-state index is 14.2. The molecule has 2 N–H and O–H groups in total. The summed E-state index contributed by atoms with van der Waals surface area (Å²) < 4.78 is 39.7. The summed E-state index contributed by atoms with van der Waals surface area (Å²) in [6, 6.07) is 12.8. The van der Waals surface area contributed by atoms with Crippen LogP contribution >= 0.6 is 0 Å². The van der Waals surface area contributed by atoms with Crippen LogP contribution in [0.4, 0.5) is 26.1 Å². The second kappa shape index (κ2) is 11.6. The lowest BCUT2D eigenvalue weighted by Gasteiger charge is -2.40. The van der Waals surface area contributed by atoms with Crippen molar-refractivity contribution in [3.8, 4) is 29.0 Å². The Morgan fingerprint density at radius 2 is 2.00 bits per heavy atom. The van der Waals surface area contributed by atoms with Gasteiger partial charge in [-0.05, 0) is 50.8 Å². The molecule has 12 heteroatoms. The highest BCUT2D eigenvalue weighted by atomic mass is 19.3. The van der Waals surface area contributed by atoms with E-state index < -0.39 is 18.6 Å². The molecule has 2 atom stereocenters. The molecule has 1 unspecified atom stereocenters. The van der Waals surface area contributed by atoms with Crippen LogP contribution in [0.1, 0.15) is 18.9 Å². The van der Waals surface area contributed by atoms with Gasteiger partial charge < -0.3 is 29.9 Å². The number of benzene rings is 1. The summed E-state index contributed by atoms with van der Waals surface area (Å²) in [4.78, 5) is 17.9. The van der Waals surface area contributed by atoms with E-state index in [2.05, 4.69) is 55.4 Å². The first-order valence-electron chi connectivity index (χ1n) is 13.2. The lowest BCUT2D eigenvalue weighted by Crippen LogP contribution is -2.52. The third-order valence-corrected chi connectivity index (χ3v) is 7.18. The van der Waals surface area contributed by atoms with E-state index in [1.165, 1.54) is 12.4 Å². The molecule has 3 aromatic rings. The molecule has 0 spiro atoms. The summed E-state index contributed by atoms with van der Waals surface area (Å²) in [7, 11) is 3.72. The first-order chi connectivity index (χ1) is 19.3. The number of piperazine rings is 1. The molecule has 4 heterocycles. The fourth-order valence-electron chi connectivity index (χ4n) is 5.07. The molecule has 0 aliphatic carbocycles. The highest BCUT2D eigenvalue weighted by Crippen LogP contribution is 2.33. The average molecular weight is 551 g/mol. The molecule has 0 bridgehead atoms. The zero-order valence-electron chi connectivity index (χ0n) is 22.7. The maximum absolute atomic E-state index is 14.2. The van der Waals surface area contributed by atoms with Crippen LogP contribution in [0.15, 0.2) is 42.7 Å². The van der Waals surface area contributed by atoms with Crippen LogP contribution in [0.3, 0.4) is 0 Å². The van der Waals surface area contributed by atoms with Gasteiger partial charge in [0.05, 0.1) is 24.9 Å². The van der Waals surface area contributed by atoms with Gasteiger partial charge in [-0.2, -0.15) is 10.2 Å². The number of hydrogen-bond acceptors (Lipinski definition) is 10. The van der Waals surface area contributed by atoms with E-state index in [1.807, 2.05) is 12.1 Å². The molecule has 210 valence electrons. The summed E-state index contributed by atoms with van der Waals surface area (Å²) in [6.45, 7) is 4.96. The Morgan fingerprint density at radius 1 is 1.15 bits per heavy atom. The van der Waals surface area contributed by atoms with Crippen LogP contribution in [0.25, 0.3) is 11.3 Å². The largest absolute Gasteiger partial charge is 0.483 e. The van der Waals surface area contributed by atoms with Gasteiger partial charge in [-0.3, -0.25) is 0 Å². The van der Waals surface area contributed by atoms with Crippen molar-refractivity contribution >= 4 is 17.3 Å². The molecule has 10 nitrogen and oxygen atoms in total. The molecule has 2 fully saturated rings. The maximum Gasteiger partial charge on any atom is 0.296 e. The van der Waals surface area contributed by atoms with Gasteiger partial charge >= 0.3 is 0 Å². The zero-order chi connectivity index (χ0) is 28.3. The summed E-state index contributed by atoms with van der Waals surface area (Å²) in [6.07, 6.45) is 0.257. The predicted molar refractivity (Wildman–Crippen MR) is 147 cm³/mol. The average Bonchev–Trinajstić information content (AvgIpc) is 2.94. The number of alkyl halides is 2. The quantitative estimate of drug-likeness (QED) is 0.452. The van der Waals surface area contributed by atoms with Gasteiger partial charge in [0.1, 0.15) is 35.5 Å². The molecular weight excluding hydrogens is 518 g/mol. The molecule has 2 aliphatic rings. The summed E-state index contributed by atoms with van der Waals surface area (Å²) in [5.74, 6) is -1.33. The van der Waals surface area contributed by atoms with Crippen LogP contribution < -0.4 is 25.0 Å². The molecule has 1 aromatic carbocycles. The van der Waals surface area contributed by atoms with Gasteiger partial charge in [0, 0.05) is 43.7 Å². The number of nitrogens with zero attached hydrogens (tertiary/aromatic N) is 6. The Bertz CT molecular complexity index is 1400. The van der Waals surface area contributed by atoms with Gasteiger partial charge in [-0.15, -0.1) is 0 Å². The Labute approximate surface area is 232 Å². The van der Waals surface area contributed by atoms with Crippen LogP contribution in [-0.4, -0.2) is 84.8 Å². The van der Waals surface area contributed by atoms with Gasteiger partial charge in [-0.1, -0.05) is 0 Å². The predicted octanol–water partition coefficient (Wildman–Crippen LogP) is 3.68. The molecular formula is C28H32F2N8O2. The number of ether oxygens (including phenoxy) is 2. The molecule has 0 saturated carbocycles. The van der Waals surface area contributed by atoms with E-state index in [-0.39, 0.29) is 17.7 Å². The minimum absolute atomic E-state index is 0.122. The Kier molecular flexibility index (Phi) is 7.95. The highest BCUT2D eigenvalue weighted by Gasteiger charge is 2.43. The lowest BCUT2D eigenvalue weighted by atomic mass is 10.0. The smallest absolute Gasteiger partial charge is 0.296 e. The number of halogens is 2. The fraction of sp³-hybridized carbons (Fsp3) is 0.429. The van der Waals surface area contributed by atoms with Crippen molar-refractivity contribution in [3.63, 3.8) is 0 Å². The van der Waals surface area contributed by atoms with Crippen molar-refractivity contribution in [2.75, 3.05) is 57.1 Å². The Balaban J connectivity index is 1.34. The van der Waals surface area contributed by atoms with E-state index in [9.17, 15) is 14.0 Å². The molecule has 2 saturated heterocycles. The number of piperidine rings is 1. The van der Waals surface area contributed by atoms with Crippen LogP contribution in [0, 0.1) is 11.3 Å². The number of nitrogens with one attached hydrogen (secondary N) is 2. The molecule has 5 rings (SSSR count). The number of likely N-dealkylation sites (N-methyl/N-ethyl adjacent to an activating group) is 1. The third-order valence-electron chi connectivity index (χ3n) is 7.18. The minimum atomic E-state index is -3.02. The highest BCUT2D eigenvalue weighted by molar-refractivity contribution is 5.68. The first-order valence-corrected chi connectivity index (χ1v) is 13.2. The van der Waals surface area contributed by atoms with E-state index in [4.69, 9.17) is 9.47 Å². The van der Waals surface area contributed by atoms with Gasteiger partial charge in [0.25, 0.3) is 5.92 Å². The lowest BCUT2D eigenvalue weighted by molar-refractivity contribution is -0.109. The van der Waals surface area contributed by atoms with Crippen LogP contribution in [0.5, 0.6) is 11.6 Å². The number of aromatic nitrogens is 3. The number of pyridine rings is 1. The number of anilines is 3. The Hall–Kier alpha value is -4.08. The minimum Gasteiger partial charge on any atom is -0.483 e. The molecule has 2 aliphatic heterocycles. The zero-order valence-corrected chi connectivity index (χ0v) is 22.7. The van der Waals surface area contributed by atoms with Gasteiger partial charge in [0.15, 0.2) is 6.10 Å². The van der Waals surface area contributed by atoms with Gasteiger partial charge in [0.2, 0.25) is 5.88 Å². The summed E-state index contributed by atoms with van der Waals surface area (Å²) in [5, 5.41) is 15.6. The summed E-state index contributed by atoms with van der Waals surface area (Å²) in [5.41, 5.74) is 2.25. The van der Waals surface area contributed by atoms with Crippen molar-refractivity contribution in [2.24, 2.45) is 0 Å². The number of nitriles is 1. The number of rotatable bonds is 7. The Morgan fingerprint density at radius 3 is 2.75 bits per heavy atom.